The zero-order valence-corrected chi connectivity index (χ0v) is 12.2. The van der Waals surface area contributed by atoms with Crippen LogP contribution in [0.5, 0.6) is 0 Å². The predicted octanol–water partition coefficient (Wildman–Crippen LogP) is 1.46. The summed E-state index contributed by atoms with van der Waals surface area (Å²) in [6, 6.07) is 10.8. The predicted molar refractivity (Wildman–Crippen MR) is 79.6 cm³/mol. The molecule has 1 atom stereocenters. The summed E-state index contributed by atoms with van der Waals surface area (Å²) >= 11 is 0. The summed E-state index contributed by atoms with van der Waals surface area (Å²) in [7, 11) is 0. The first-order valence-corrected chi connectivity index (χ1v) is 7.42. The monoisotopic (exact) mass is 276 g/mol. The van der Waals surface area contributed by atoms with Gasteiger partial charge in [-0.1, -0.05) is 30.3 Å². The maximum Gasteiger partial charge on any atom is 0.234 e. The van der Waals surface area contributed by atoms with E-state index in [0.29, 0.717) is 19.1 Å². The highest BCUT2D eigenvalue weighted by Gasteiger charge is 2.24. The Labute approximate surface area is 121 Å². The van der Waals surface area contributed by atoms with Crippen molar-refractivity contribution in [2.45, 2.75) is 25.8 Å². The molecule has 4 nitrogen and oxygen atoms in total. The summed E-state index contributed by atoms with van der Waals surface area (Å²) in [4.78, 5) is 14.1. The molecule has 1 aliphatic heterocycles. The van der Waals surface area contributed by atoms with Crippen LogP contribution in [0.4, 0.5) is 0 Å². The Hall–Kier alpha value is -1.39. The van der Waals surface area contributed by atoms with Gasteiger partial charge in [0.05, 0.1) is 13.2 Å². The van der Waals surface area contributed by atoms with Gasteiger partial charge in [-0.25, -0.2) is 0 Å². The summed E-state index contributed by atoms with van der Waals surface area (Å²) < 4.78 is 5.46. The molecule has 0 aliphatic carbocycles. The number of hydrogen-bond acceptors (Lipinski definition) is 3. The van der Waals surface area contributed by atoms with Crippen LogP contribution in [0, 0.1) is 0 Å². The summed E-state index contributed by atoms with van der Waals surface area (Å²) in [6.45, 7) is 5.55. The van der Waals surface area contributed by atoms with E-state index >= 15 is 0 Å². The Morgan fingerprint density at radius 1 is 1.40 bits per heavy atom. The third kappa shape index (κ3) is 4.62. The van der Waals surface area contributed by atoms with Gasteiger partial charge in [-0.2, -0.15) is 0 Å². The van der Waals surface area contributed by atoms with Gasteiger partial charge in [0, 0.05) is 25.7 Å². The van der Waals surface area contributed by atoms with Gasteiger partial charge in [0.15, 0.2) is 0 Å². The van der Waals surface area contributed by atoms with Gasteiger partial charge < -0.3 is 10.1 Å². The van der Waals surface area contributed by atoms with Gasteiger partial charge >= 0.3 is 0 Å². The molecule has 1 aromatic rings. The molecule has 0 aromatic heterocycles. The zero-order valence-electron chi connectivity index (χ0n) is 12.2. The third-order valence-electron chi connectivity index (χ3n) is 3.67. The Balaban J connectivity index is 1.89. The fraction of sp³-hybridized carbons (Fsp3) is 0.562. The number of carbonyl (C=O) groups is 1. The van der Waals surface area contributed by atoms with Crippen LogP contribution in [0.3, 0.4) is 0 Å². The molecule has 0 radical (unpaired) electrons. The number of hydrogen-bond donors (Lipinski definition) is 1. The number of rotatable bonds is 7. The Morgan fingerprint density at radius 2 is 2.20 bits per heavy atom. The highest BCUT2D eigenvalue weighted by molar-refractivity contribution is 5.77. The fourth-order valence-corrected chi connectivity index (χ4v) is 2.56. The highest BCUT2D eigenvalue weighted by Crippen LogP contribution is 2.13. The summed E-state index contributed by atoms with van der Waals surface area (Å²) in [6.07, 6.45) is 1.99. The lowest BCUT2D eigenvalue weighted by Crippen LogP contribution is -2.44. The number of amides is 1. The smallest absolute Gasteiger partial charge is 0.234 e. The molecular weight excluding hydrogens is 252 g/mol. The first-order chi connectivity index (χ1) is 9.79. The number of carbonyl (C=O) groups excluding carboxylic acids is 1. The molecule has 4 heteroatoms. The molecule has 1 N–H and O–H groups in total. The van der Waals surface area contributed by atoms with Crippen molar-refractivity contribution < 1.29 is 9.53 Å². The fourth-order valence-electron chi connectivity index (χ4n) is 2.56. The first kappa shape index (κ1) is 15.0. The van der Waals surface area contributed by atoms with Crippen LogP contribution in [0.15, 0.2) is 30.3 Å². The number of nitrogens with zero attached hydrogens (tertiary/aromatic N) is 1. The average Bonchev–Trinajstić information content (AvgIpc) is 2.99. The van der Waals surface area contributed by atoms with Crippen LogP contribution in [0.25, 0.3) is 0 Å². The van der Waals surface area contributed by atoms with Crippen LogP contribution in [0.2, 0.25) is 0 Å². The Morgan fingerprint density at radius 3 is 2.85 bits per heavy atom. The van der Waals surface area contributed by atoms with Crippen molar-refractivity contribution in [2.75, 3.05) is 32.8 Å². The van der Waals surface area contributed by atoms with E-state index in [1.807, 2.05) is 13.0 Å². The topological polar surface area (TPSA) is 41.6 Å². The van der Waals surface area contributed by atoms with Crippen LogP contribution >= 0.6 is 0 Å². The number of likely N-dealkylation sites (N-methyl/N-ethyl adjacent to an activating group) is 1. The van der Waals surface area contributed by atoms with Crippen molar-refractivity contribution in [3.8, 4) is 0 Å². The SMILES string of the molecule is CCNC(=O)CN(CCc1ccccc1)[C@@H]1CCOC1. The lowest BCUT2D eigenvalue weighted by molar-refractivity contribution is -0.122. The molecule has 1 aromatic carbocycles. The Bertz CT molecular complexity index is 402. The van der Waals surface area contributed by atoms with Gasteiger partial charge in [0.2, 0.25) is 5.91 Å². The van der Waals surface area contributed by atoms with E-state index < -0.39 is 0 Å². The van der Waals surface area contributed by atoms with Crippen LogP contribution in [-0.4, -0.2) is 49.7 Å². The van der Waals surface area contributed by atoms with E-state index in [9.17, 15) is 4.79 Å². The molecule has 0 spiro atoms. The molecule has 1 fully saturated rings. The van der Waals surface area contributed by atoms with Crippen molar-refractivity contribution >= 4 is 5.91 Å². The molecule has 110 valence electrons. The van der Waals surface area contributed by atoms with E-state index in [1.54, 1.807) is 0 Å². The zero-order chi connectivity index (χ0) is 14.2. The van der Waals surface area contributed by atoms with E-state index in [2.05, 4.69) is 34.5 Å². The first-order valence-electron chi connectivity index (χ1n) is 7.42. The minimum absolute atomic E-state index is 0.104. The van der Waals surface area contributed by atoms with Crippen molar-refractivity contribution in [3.05, 3.63) is 35.9 Å². The summed E-state index contributed by atoms with van der Waals surface area (Å²) in [5.74, 6) is 0.104. The van der Waals surface area contributed by atoms with Crippen LogP contribution in [-0.2, 0) is 16.0 Å². The lowest BCUT2D eigenvalue weighted by Gasteiger charge is -2.27. The Kier molecular flexibility index (Phi) is 6.02. The molecule has 1 saturated heterocycles. The van der Waals surface area contributed by atoms with Gasteiger partial charge in [-0.05, 0) is 25.3 Å². The van der Waals surface area contributed by atoms with Crippen LogP contribution < -0.4 is 5.32 Å². The standard InChI is InChI=1S/C16H24N2O2/c1-2-17-16(19)12-18(15-9-11-20-13-15)10-8-14-6-4-3-5-7-14/h3-7,15H,2,8-13H2,1H3,(H,17,19)/t15-/m1/s1. The second kappa shape index (κ2) is 8.02. The van der Waals surface area contributed by atoms with Crippen LogP contribution in [0.1, 0.15) is 18.9 Å². The molecular formula is C16H24N2O2. The number of nitrogens with one attached hydrogen (secondary N) is 1. The second-order valence-electron chi connectivity index (χ2n) is 5.18. The van der Waals surface area contributed by atoms with E-state index in [1.165, 1.54) is 5.56 Å². The van der Waals surface area contributed by atoms with E-state index in [0.717, 1.165) is 32.6 Å². The van der Waals surface area contributed by atoms with Crippen molar-refractivity contribution in [3.63, 3.8) is 0 Å². The highest BCUT2D eigenvalue weighted by atomic mass is 16.5. The minimum Gasteiger partial charge on any atom is -0.380 e. The van der Waals surface area contributed by atoms with Gasteiger partial charge in [-0.15, -0.1) is 0 Å². The molecule has 1 amide bonds. The molecule has 0 bridgehead atoms. The summed E-state index contributed by atoms with van der Waals surface area (Å²) in [5.41, 5.74) is 1.31. The molecule has 1 heterocycles. The van der Waals surface area contributed by atoms with E-state index in [4.69, 9.17) is 4.74 Å². The molecule has 2 rings (SSSR count). The van der Waals surface area contributed by atoms with Gasteiger partial charge in [0.25, 0.3) is 0 Å². The average molecular weight is 276 g/mol. The third-order valence-corrected chi connectivity index (χ3v) is 3.67. The minimum atomic E-state index is 0.104. The lowest BCUT2D eigenvalue weighted by atomic mass is 10.1. The second-order valence-corrected chi connectivity index (χ2v) is 5.18. The van der Waals surface area contributed by atoms with Gasteiger partial charge in [-0.3, -0.25) is 9.69 Å². The molecule has 20 heavy (non-hydrogen) atoms. The maximum absolute atomic E-state index is 11.8. The van der Waals surface area contributed by atoms with Crippen molar-refractivity contribution in [1.29, 1.82) is 0 Å². The summed E-state index contributed by atoms with van der Waals surface area (Å²) in [5, 5.41) is 2.88. The molecule has 0 saturated carbocycles. The van der Waals surface area contributed by atoms with Crippen molar-refractivity contribution in [1.82, 2.24) is 10.2 Å². The molecule has 1 aliphatic rings. The van der Waals surface area contributed by atoms with Gasteiger partial charge in [0.1, 0.15) is 0 Å². The van der Waals surface area contributed by atoms with E-state index in [-0.39, 0.29) is 5.91 Å². The number of ether oxygens (including phenoxy) is 1. The molecule has 0 unspecified atom stereocenters. The number of benzene rings is 1. The quantitative estimate of drug-likeness (QED) is 0.819. The maximum atomic E-state index is 11.8. The van der Waals surface area contributed by atoms with Crippen molar-refractivity contribution in [2.24, 2.45) is 0 Å². The normalized spacial score (nSPS) is 18.4. The largest absolute Gasteiger partial charge is 0.380 e.